The molecule has 1 saturated carbocycles. The number of carbonyl (C=O) groups is 1. The van der Waals surface area contributed by atoms with Crippen LogP contribution in [0.15, 0.2) is 73.4 Å². The minimum Gasteiger partial charge on any atom is -0.367 e. The molecule has 1 aliphatic rings. The van der Waals surface area contributed by atoms with Gasteiger partial charge in [-0.2, -0.15) is 18.3 Å². The smallest absolute Gasteiger partial charge is 0.367 e. The van der Waals surface area contributed by atoms with Gasteiger partial charge in [0.25, 0.3) is 0 Å². The molecule has 4 aromatic rings. The average Bonchev–Trinajstić information content (AvgIpc) is 3.40. The third-order valence-corrected chi connectivity index (χ3v) is 6.90. The van der Waals surface area contributed by atoms with E-state index in [4.69, 9.17) is 0 Å². The van der Waals surface area contributed by atoms with Crippen LogP contribution >= 0.6 is 0 Å². The molecule has 2 amide bonds. The van der Waals surface area contributed by atoms with E-state index in [0.29, 0.717) is 44.0 Å². The molecule has 0 atom stereocenters. The number of aromatic nitrogens is 5. The minimum atomic E-state index is -4.42. The zero-order valence-corrected chi connectivity index (χ0v) is 21.8. The summed E-state index contributed by atoms with van der Waals surface area (Å²) in [5, 5.41) is 10.4. The van der Waals surface area contributed by atoms with Gasteiger partial charge in [0.1, 0.15) is 5.82 Å². The van der Waals surface area contributed by atoms with Gasteiger partial charge in [0.05, 0.1) is 11.8 Å². The summed E-state index contributed by atoms with van der Waals surface area (Å²) in [6, 6.07) is 11.6. The summed E-state index contributed by atoms with van der Waals surface area (Å²) in [5.74, 6) is 0.697. The number of hydrogen-bond acceptors (Lipinski definition) is 6. The third-order valence-electron chi connectivity index (χ3n) is 6.90. The van der Waals surface area contributed by atoms with E-state index in [1.807, 2.05) is 43.6 Å². The molecule has 1 aromatic carbocycles. The first-order valence-electron chi connectivity index (χ1n) is 13.0. The van der Waals surface area contributed by atoms with Gasteiger partial charge in [0.2, 0.25) is 5.95 Å². The Morgan fingerprint density at radius 1 is 0.950 bits per heavy atom. The van der Waals surface area contributed by atoms with Crippen molar-refractivity contribution in [2.24, 2.45) is 7.05 Å². The van der Waals surface area contributed by atoms with E-state index in [1.165, 1.54) is 6.07 Å². The first-order valence-corrected chi connectivity index (χ1v) is 13.0. The Morgan fingerprint density at radius 2 is 1.68 bits per heavy atom. The standard InChI is InChI=1S/C28H29F3N8O/c1-38-18-21(16-36-38)20-14-33-26(34-15-20)39(27(40)35-13-19-5-3-2-4-6-19)24-10-8-23(9-11-24)37-25-12-7-22(17-32-25)28(29,30)31/h2-7,12,14-18,23-24H,8-11,13H2,1H3,(H,32,37)(H,35,40). The Labute approximate surface area is 229 Å². The number of halogens is 3. The van der Waals surface area contributed by atoms with Crippen LogP contribution in [-0.4, -0.2) is 42.8 Å². The summed E-state index contributed by atoms with van der Waals surface area (Å²) < 4.78 is 40.2. The molecule has 2 N–H and O–H groups in total. The summed E-state index contributed by atoms with van der Waals surface area (Å²) >= 11 is 0. The van der Waals surface area contributed by atoms with Crippen molar-refractivity contribution >= 4 is 17.8 Å². The summed E-state index contributed by atoms with van der Waals surface area (Å²) in [6.45, 7) is 0.362. The van der Waals surface area contributed by atoms with E-state index in [0.717, 1.165) is 29.0 Å². The van der Waals surface area contributed by atoms with E-state index in [-0.39, 0.29) is 18.1 Å². The summed E-state index contributed by atoms with van der Waals surface area (Å²) in [6.07, 6.45) is 6.07. The van der Waals surface area contributed by atoms with Gasteiger partial charge >= 0.3 is 12.2 Å². The number of pyridine rings is 1. The fourth-order valence-corrected chi connectivity index (χ4v) is 4.78. The lowest BCUT2D eigenvalue weighted by atomic mass is 9.90. The molecule has 1 fully saturated rings. The molecule has 5 rings (SSSR count). The predicted molar refractivity (Wildman–Crippen MR) is 144 cm³/mol. The fraction of sp³-hybridized carbons (Fsp3) is 0.321. The summed E-state index contributed by atoms with van der Waals surface area (Å²) in [4.78, 5) is 28.1. The van der Waals surface area contributed by atoms with Gasteiger partial charge in [-0.1, -0.05) is 30.3 Å². The van der Waals surface area contributed by atoms with Crippen molar-refractivity contribution in [3.8, 4) is 11.1 Å². The van der Waals surface area contributed by atoms with Crippen LogP contribution in [0.3, 0.4) is 0 Å². The van der Waals surface area contributed by atoms with Crippen LogP contribution < -0.4 is 15.5 Å². The number of amides is 2. The van der Waals surface area contributed by atoms with E-state index in [2.05, 4.69) is 30.7 Å². The maximum Gasteiger partial charge on any atom is 0.417 e. The number of hydrogen-bond donors (Lipinski definition) is 2. The highest BCUT2D eigenvalue weighted by Gasteiger charge is 2.33. The SMILES string of the molecule is Cn1cc(-c2cnc(N(C(=O)NCc3ccccc3)C3CCC(Nc4ccc(C(F)(F)F)cn4)CC3)nc2)cn1. The number of nitrogens with zero attached hydrogens (tertiary/aromatic N) is 6. The van der Waals surface area contributed by atoms with Crippen molar-refractivity contribution in [3.05, 3.63) is 84.6 Å². The highest BCUT2D eigenvalue weighted by Crippen LogP contribution is 2.31. The second-order valence-electron chi connectivity index (χ2n) is 9.77. The molecule has 3 aromatic heterocycles. The van der Waals surface area contributed by atoms with Crippen LogP contribution in [0, 0.1) is 0 Å². The molecule has 1 aliphatic carbocycles. The molecule has 0 unspecified atom stereocenters. The van der Waals surface area contributed by atoms with E-state index in [1.54, 1.807) is 28.2 Å². The fourth-order valence-electron chi connectivity index (χ4n) is 4.78. The van der Waals surface area contributed by atoms with E-state index in [9.17, 15) is 18.0 Å². The van der Waals surface area contributed by atoms with E-state index >= 15 is 0 Å². The molecular weight excluding hydrogens is 521 g/mol. The topological polar surface area (TPSA) is 101 Å². The zero-order valence-electron chi connectivity index (χ0n) is 21.8. The number of benzene rings is 1. The third kappa shape index (κ3) is 6.56. The number of carbonyl (C=O) groups excluding carboxylic acids is 1. The average molecular weight is 551 g/mol. The number of urea groups is 1. The largest absolute Gasteiger partial charge is 0.417 e. The zero-order chi connectivity index (χ0) is 28.1. The molecule has 0 aliphatic heterocycles. The lowest BCUT2D eigenvalue weighted by Gasteiger charge is -2.36. The van der Waals surface area contributed by atoms with Gasteiger partial charge in [-0.05, 0) is 43.4 Å². The van der Waals surface area contributed by atoms with Crippen LogP contribution in [0.5, 0.6) is 0 Å². The van der Waals surface area contributed by atoms with Crippen LogP contribution in [0.25, 0.3) is 11.1 Å². The van der Waals surface area contributed by atoms with Gasteiger partial charge in [-0.15, -0.1) is 0 Å². The van der Waals surface area contributed by atoms with Gasteiger partial charge in [-0.25, -0.2) is 19.7 Å². The molecule has 9 nitrogen and oxygen atoms in total. The maximum atomic E-state index is 13.5. The van der Waals surface area contributed by atoms with E-state index < -0.39 is 11.7 Å². The lowest BCUT2D eigenvalue weighted by molar-refractivity contribution is -0.137. The van der Waals surface area contributed by atoms with Gasteiger partial charge in [-0.3, -0.25) is 9.58 Å². The Hall–Kier alpha value is -4.48. The number of alkyl halides is 3. The Morgan fingerprint density at radius 3 is 2.27 bits per heavy atom. The van der Waals surface area contributed by atoms with Gasteiger partial charge in [0, 0.05) is 61.6 Å². The van der Waals surface area contributed by atoms with Crippen LogP contribution in [0.2, 0.25) is 0 Å². The Kier molecular flexibility index (Phi) is 7.94. The predicted octanol–water partition coefficient (Wildman–Crippen LogP) is 5.43. The normalized spacial score (nSPS) is 17.3. The van der Waals surface area contributed by atoms with Gasteiger partial charge < -0.3 is 10.6 Å². The molecular formula is C28H29F3N8O. The van der Waals surface area contributed by atoms with Gasteiger partial charge in [0.15, 0.2) is 0 Å². The molecule has 0 spiro atoms. The van der Waals surface area contributed by atoms with Crippen molar-refractivity contribution in [1.29, 1.82) is 0 Å². The van der Waals surface area contributed by atoms with Crippen LogP contribution in [-0.2, 0) is 19.8 Å². The molecule has 0 radical (unpaired) electrons. The number of anilines is 2. The molecule has 0 saturated heterocycles. The quantitative estimate of drug-likeness (QED) is 0.318. The first-order chi connectivity index (χ1) is 19.3. The van der Waals surface area contributed by atoms with Crippen LogP contribution in [0.4, 0.5) is 29.7 Å². The number of aryl methyl sites for hydroxylation is 1. The molecule has 3 heterocycles. The lowest BCUT2D eigenvalue weighted by Crippen LogP contribution is -2.49. The summed E-state index contributed by atoms with van der Waals surface area (Å²) in [7, 11) is 1.83. The Balaban J connectivity index is 1.28. The molecule has 40 heavy (non-hydrogen) atoms. The minimum absolute atomic E-state index is 0.0172. The van der Waals surface area contributed by atoms with Crippen molar-refractivity contribution < 1.29 is 18.0 Å². The molecule has 0 bridgehead atoms. The highest BCUT2D eigenvalue weighted by molar-refractivity contribution is 5.90. The highest BCUT2D eigenvalue weighted by atomic mass is 19.4. The molecule has 12 heteroatoms. The number of rotatable bonds is 7. The van der Waals surface area contributed by atoms with Crippen molar-refractivity contribution in [2.45, 2.75) is 50.5 Å². The second kappa shape index (κ2) is 11.7. The van der Waals surface area contributed by atoms with Crippen LogP contribution in [0.1, 0.15) is 36.8 Å². The monoisotopic (exact) mass is 550 g/mol. The summed E-state index contributed by atoms with van der Waals surface area (Å²) in [5.41, 5.74) is 1.85. The molecule has 208 valence electrons. The first kappa shape index (κ1) is 27.1. The number of nitrogens with one attached hydrogen (secondary N) is 2. The van der Waals surface area contributed by atoms with Crippen molar-refractivity contribution in [3.63, 3.8) is 0 Å². The van der Waals surface area contributed by atoms with Crippen molar-refractivity contribution in [1.82, 2.24) is 30.0 Å². The maximum absolute atomic E-state index is 13.5. The van der Waals surface area contributed by atoms with Crippen molar-refractivity contribution in [2.75, 3.05) is 10.2 Å². The second-order valence-corrected chi connectivity index (χ2v) is 9.77. The Bertz CT molecular complexity index is 1400.